The van der Waals surface area contributed by atoms with Crippen LogP contribution in [0.15, 0.2) is 275 Å². The van der Waals surface area contributed by atoms with E-state index in [1.807, 2.05) is 0 Å². The molecule has 0 nitrogen and oxygen atoms in total. The van der Waals surface area contributed by atoms with Gasteiger partial charge in [0, 0.05) is 29.3 Å². The van der Waals surface area contributed by atoms with E-state index in [0.717, 1.165) is 0 Å². The third kappa shape index (κ3) is 8.42. The molecule has 0 radical (unpaired) electrons. The van der Waals surface area contributed by atoms with Gasteiger partial charge in [0.05, 0.1) is 10.8 Å². The molecule has 0 spiro atoms. The van der Waals surface area contributed by atoms with Crippen LogP contribution in [-0.2, 0) is 10.8 Å². The molecule has 6 aromatic heterocycles. The number of benzene rings is 7. The zero-order valence-corrected chi connectivity index (χ0v) is 44.9. The van der Waals surface area contributed by atoms with Crippen LogP contribution in [0.5, 0.6) is 0 Å². The van der Waals surface area contributed by atoms with E-state index < -0.39 is 10.8 Å². The van der Waals surface area contributed by atoms with Crippen molar-refractivity contribution in [2.45, 2.75) is 10.8 Å². The van der Waals surface area contributed by atoms with Crippen molar-refractivity contribution in [2.24, 2.45) is 0 Å². The highest BCUT2D eigenvalue weighted by Gasteiger charge is 2.42. The van der Waals surface area contributed by atoms with Gasteiger partial charge < -0.3 is 0 Å². The minimum atomic E-state index is -0.690. The van der Waals surface area contributed by atoms with Crippen molar-refractivity contribution in [2.75, 3.05) is 0 Å². The zero-order valence-electron chi connectivity index (χ0n) is 40.0. The Bertz CT molecular complexity index is 3190. The summed E-state index contributed by atoms with van der Waals surface area (Å²) in [6.07, 6.45) is 0. The summed E-state index contributed by atoms with van der Waals surface area (Å²) in [6, 6.07) is 92.0. The maximum atomic E-state index is 2.43. The van der Waals surface area contributed by atoms with Crippen LogP contribution in [0.2, 0.25) is 0 Å². The van der Waals surface area contributed by atoms with Crippen LogP contribution in [-0.4, -0.2) is 0 Å². The second-order valence-corrected chi connectivity index (χ2v) is 24.1. The summed E-state index contributed by atoms with van der Waals surface area (Å²) < 4.78 is 0. The van der Waals surface area contributed by atoms with Crippen LogP contribution in [0, 0.1) is 0 Å². The maximum Gasteiger partial charge on any atom is 0.0701 e. The molecular formula is C68H46S6. The van der Waals surface area contributed by atoms with Crippen molar-refractivity contribution in [1.29, 1.82) is 0 Å². The van der Waals surface area contributed by atoms with E-state index in [-0.39, 0.29) is 0 Å². The first-order valence-corrected chi connectivity index (χ1v) is 29.9. The summed E-state index contributed by atoms with van der Waals surface area (Å²) in [5.41, 5.74) is 15.6. The molecule has 354 valence electrons. The van der Waals surface area contributed by atoms with Gasteiger partial charge in [-0.25, -0.2) is 0 Å². The monoisotopic (exact) mass is 1050 g/mol. The Balaban J connectivity index is 1.05. The van der Waals surface area contributed by atoms with E-state index in [2.05, 4.69) is 275 Å². The van der Waals surface area contributed by atoms with Gasteiger partial charge in [-0.2, -0.15) is 0 Å². The smallest absolute Gasteiger partial charge is 0.0701 e. The Kier molecular flexibility index (Phi) is 12.7. The molecule has 0 saturated heterocycles. The van der Waals surface area contributed by atoms with Crippen molar-refractivity contribution in [3.63, 3.8) is 0 Å². The molecule has 0 bridgehead atoms. The van der Waals surface area contributed by atoms with Gasteiger partial charge in [0.25, 0.3) is 0 Å². The van der Waals surface area contributed by atoms with Crippen LogP contribution in [0.3, 0.4) is 0 Å². The Morgan fingerprint density at radius 1 is 0.162 bits per heavy atom. The summed E-state index contributed by atoms with van der Waals surface area (Å²) in [5.74, 6) is 0. The molecule has 13 aromatic rings. The third-order valence-electron chi connectivity index (χ3n) is 14.5. The van der Waals surface area contributed by atoms with E-state index in [1.165, 1.54) is 107 Å². The third-order valence-corrected chi connectivity index (χ3v) is 20.0. The minimum absolute atomic E-state index is 0.690. The first-order valence-electron chi connectivity index (χ1n) is 24.6. The molecule has 6 heterocycles. The summed E-state index contributed by atoms with van der Waals surface area (Å²) in [5, 5.41) is 13.0. The van der Waals surface area contributed by atoms with E-state index in [4.69, 9.17) is 0 Å². The fourth-order valence-electron chi connectivity index (χ4n) is 10.9. The second-order valence-electron chi connectivity index (χ2n) is 18.4. The van der Waals surface area contributed by atoms with Gasteiger partial charge in [0.15, 0.2) is 0 Å². The fraction of sp³-hybridized carbons (Fsp3) is 0.0294. The number of hydrogen-bond donors (Lipinski definition) is 0. The SMILES string of the molecule is c1csc(-c2ccc(C(c3ccc(-c4cccs4)cc3)(c3ccc(-c4cccs4)cc3)c3ccc(C(c4ccc(-c5cccs5)cc4)(c4ccc(-c5cccs5)cc4)c4ccc(-c5cccs5)cc4)cc3)cc2)c1. The lowest BCUT2D eigenvalue weighted by Crippen LogP contribution is -2.33. The number of hydrogen-bond acceptors (Lipinski definition) is 6. The lowest BCUT2D eigenvalue weighted by Gasteiger charge is -2.39. The number of rotatable bonds is 14. The highest BCUT2D eigenvalue weighted by atomic mass is 32.1. The summed E-state index contributed by atoms with van der Waals surface area (Å²) in [6.45, 7) is 0. The molecule has 7 aromatic carbocycles. The molecule has 0 amide bonds. The van der Waals surface area contributed by atoms with Crippen molar-refractivity contribution in [1.82, 2.24) is 0 Å². The van der Waals surface area contributed by atoms with Crippen molar-refractivity contribution in [3.05, 3.63) is 319 Å². The molecule has 13 rings (SSSR count). The molecule has 74 heavy (non-hydrogen) atoms. The Labute approximate surface area is 457 Å². The van der Waals surface area contributed by atoms with Gasteiger partial charge in [0.2, 0.25) is 0 Å². The normalized spacial score (nSPS) is 11.8. The Hall–Kier alpha value is -7.26. The summed E-state index contributed by atoms with van der Waals surface area (Å²) in [7, 11) is 0. The Morgan fingerprint density at radius 3 is 0.419 bits per heavy atom. The van der Waals surface area contributed by atoms with E-state index in [0.29, 0.717) is 0 Å². The molecule has 6 heteroatoms. The highest BCUT2D eigenvalue weighted by molar-refractivity contribution is 7.15. The van der Waals surface area contributed by atoms with Gasteiger partial charge in [-0.15, -0.1) is 68.0 Å². The van der Waals surface area contributed by atoms with E-state index in [1.54, 1.807) is 68.0 Å². The first-order chi connectivity index (χ1) is 36.6. The molecule has 0 unspecified atom stereocenters. The van der Waals surface area contributed by atoms with Crippen LogP contribution in [0.25, 0.3) is 62.6 Å². The average molecular weight is 1060 g/mol. The molecular weight excluding hydrogens is 1010 g/mol. The molecule has 0 saturated carbocycles. The first kappa shape index (κ1) is 46.5. The van der Waals surface area contributed by atoms with E-state index >= 15 is 0 Å². The largest absolute Gasteiger partial charge is 0.144 e. The molecule has 0 aliphatic carbocycles. The van der Waals surface area contributed by atoms with Gasteiger partial charge in [-0.05, 0) is 147 Å². The summed E-state index contributed by atoms with van der Waals surface area (Å²) >= 11 is 10.7. The van der Waals surface area contributed by atoms with Gasteiger partial charge in [-0.1, -0.05) is 206 Å². The highest BCUT2D eigenvalue weighted by Crippen LogP contribution is 2.51. The maximum absolute atomic E-state index is 2.43. The average Bonchev–Trinajstić information content (AvgIpc) is 4.33. The van der Waals surface area contributed by atoms with Crippen molar-refractivity contribution < 1.29 is 0 Å². The fourth-order valence-corrected chi connectivity index (χ4v) is 15.3. The molecule has 0 aliphatic heterocycles. The lowest BCUT2D eigenvalue weighted by atomic mass is 9.62. The van der Waals surface area contributed by atoms with Crippen molar-refractivity contribution in [3.8, 4) is 62.6 Å². The second kappa shape index (κ2) is 20.2. The topological polar surface area (TPSA) is 0 Å². The van der Waals surface area contributed by atoms with Crippen LogP contribution in [0.4, 0.5) is 0 Å². The van der Waals surface area contributed by atoms with Crippen LogP contribution >= 0.6 is 68.0 Å². The zero-order chi connectivity index (χ0) is 49.3. The van der Waals surface area contributed by atoms with Crippen molar-refractivity contribution >= 4 is 68.0 Å². The lowest BCUT2D eigenvalue weighted by molar-refractivity contribution is 0.728. The van der Waals surface area contributed by atoms with E-state index in [9.17, 15) is 0 Å². The predicted molar refractivity (Wildman–Crippen MR) is 323 cm³/mol. The predicted octanol–water partition coefficient (Wildman–Crippen LogP) is 20.8. The minimum Gasteiger partial charge on any atom is -0.144 e. The van der Waals surface area contributed by atoms with Gasteiger partial charge in [0.1, 0.15) is 0 Å². The quantitative estimate of drug-likeness (QED) is 0.0952. The molecule has 0 N–H and O–H groups in total. The molecule has 0 aliphatic rings. The molecule has 0 fully saturated rings. The molecule has 0 atom stereocenters. The standard InChI is InChI=1S/C68H46S6/c1-7-61(69-41-1)47-13-25-53(26-14-47)67(54-27-15-48(16-28-54)62-8-2-42-70-62,55-29-17-49(18-30-55)63-9-3-43-71-63)59-37-39-60(40-38-59)68(56-31-19-50(20-32-56)64-10-4-44-72-64,57-33-21-51(22-34-57)65-11-5-45-73-65)58-35-23-52(24-36-58)66-12-6-46-74-66/h1-46H. The van der Waals surface area contributed by atoms with Gasteiger partial charge >= 0.3 is 0 Å². The number of thiophene rings is 6. The van der Waals surface area contributed by atoms with Crippen LogP contribution < -0.4 is 0 Å². The Morgan fingerprint density at radius 2 is 0.297 bits per heavy atom. The summed E-state index contributed by atoms with van der Waals surface area (Å²) in [4.78, 5) is 7.58. The van der Waals surface area contributed by atoms with Gasteiger partial charge in [-0.3, -0.25) is 0 Å². The van der Waals surface area contributed by atoms with Crippen LogP contribution in [0.1, 0.15) is 44.5 Å².